The van der Waals surface area contributed by atoms with Crippen LogP contribution in [0.5, 0.6) is 5.75 Å². The van der Waals surface area contributed by atoms with E-state index >= 15 is 0 Å². The molecule has 0 spiro atoms. The molecule has 3 aromatic rings. The van der Waals surface area contributed by atoms with Crippen LogP contribution in [0, 0.1) is 5.92 Å². The second-order valence-electron chi connectivity index (χ2n) is 11.8. The molecule has 2 heterocycles. The smallest absolute Gasteiger partial charge is 0.421 e. The molecule has 0 bridgehead atoms. The topological polar surface area (TPSA) is 147 Å². The number of anilines is 4. The number of methoxy groups -OCH3 is 1. The number of nitrogens with one attached hydrogen (secondary N) is 3. The van der Waals surface area contributed by atoms with Crippen LogP contribution >= 0.6 is 8.38 Å². The van der Waals surface area contributed by atoms with E-state index in [0.717, 1.165) is 16.7 Å². The second kappa shape index (κ2) is 15.7. The maximum Gasteiger partial charge on any atom is 0.421 e. The van der Waals surface area contributed by atoms with Crippen molar-refractivity contribution in [3.05, 3.63) is 64.3 Å². The van der Waals surface area contributed by atoms with Gasteiger partial charge in [-0.25, -0.2) is 10.5 Å². The number of hydrogen-bond acceptors (Lipinski definition) is 10. The first-order valence-corrected chi connectivity index (χ1v) is 17.4. The van der Waals surface area contributed by atoms with Gasteiger partial charge >= 0.3 is 6.18 Å². The van der Waals surface area contributed by atoms with Crippen LogP contribution in [-0.2, 0) is 32.7 Å². The molecule has 12 nitrogen and oxygen atoms in total. The van der Waals surface area contributed by atoms with Gasteiger partial charge in [-0.2, -0.15) is 18.2 Å². The lowest BCUT2D eigenvalue weighted by molar-refractivity contribution is -0.137. The van der Waals surface area contributed by atoms with E-state index in [1.807, 2.05) is 26.0 Å². The van der Waals surface area contributed by atoms with Crippen LogP contribution in [0.25, 0.3) is 0 Å². The summed E-state index contributed by atoms with van der Waals surface area (Å²) in [5, 5.41) is 14.8. The summed E-state index contributed by atoms with van der Waals surface area (Å²) in [6.45, 7) is 5.10. The molecule has 0 saturated heterocycles. The van der Waals surface area contributed by atoms with Crippen molar-refractivity contribution in [2.75, 3.05) is 38.0 Å². The molecule has 2 aliphatic rings. The Labute approximate surface area is 283 Å². The van der Waals surface area contributed by atoms with Crippen LogP contribution in [0.4, 0.5) is 36.3 Å². The molecule has 0 radical (unpaired) electrons. The summed E-state index contributed by atoms with van der Waals surface area (Å²) in [6.07, 6.45) is -1.11. The Bertz CT molecular complexity index is 1660. The number of alkyl halides is 3. The number of carbonyl (C=O) groups is 2. The highest BCUT2D eigenvalue weighted by molar-refractivity contribution is 7.46. The monoisotopic (exact) mass is 704 g/mol. The van der Waals surface area contributed by atoms with Gasteiger partial charge in [0.1, 0.15) is 17.1 Å². The first-order valence-electron chi connectivity index (χ1n) is 16.0. The highest BCUT2D eigenvalue weighted by Gasteiger charge is 2.38. The number of carbonyl (C=O) groups excluding carboxylic acids is 2. The number of nitrogens with zero attached hydrogens (tertiary/aromatic N) is 3. The summed E-state index contributed by atoms with van der Waals surface area (Å²) in [7, 11) is 1.98. The van der Waals surface area contributed by atoms with Gasteiger partial charge in [0.05, 0.1) is 37.3 Å². The minimum absolute atomic E-state index is 0.0529. The highest BCUT2D eigenvalue weighted by Crippen LogP contribution is 2.45. The number of benzene rings is 2. The quantitative estimate of drug-likeness (QED) is 0.0816. The number of hydroxylamine groups is 1. The third-order valence-electron chi connectivity index (χ3n) is 8.67. The van der Waals surface area contributed by atoms with E-state index in [1.165, 1.54) is 12.0 Å². The molecule has 1 aliphatic carbocycles. The van der Waals surface area contributed by atoms with E-state index < -0.39 is 31.8 Å². The first-order chi connectivity index (χ1) is 23.5. The van der Waals surface area contributed by atoms with Crippen molar-refractivity contribution in [3.8, 4) is 5.75 Å². The predicted molar refractivity (Wildman–Crippen MR) is 177 cm³/mol. The van der Waals surface area contributed by atoms with Gasteiger partial charge in [-0.3, -0.25) is 14.8 Å². The second-order valence-corrected chi connectivity index (χ2v) is 13.3. The Morgan fingerprint density at radius 1 is 1.06 bits per heavy atom. The van der Waals surface area contributed by atoms with E-state index in [-0.39, 0.29) is 34.9 Å². The summed E-state index contributed by atoms with van der Waals surface area (Å²) in [5.41, 5.74) is 4.08. The van der Waals surface area contributed by atoms with Crippen molar-refractivity contribution in [2.45, 2.75) is 64.3 Å². The van der Waals surface area contributed by atoms with Crippen LogP contribution in [0.2, 0.25) is 0 Å². The summed E-state index contributed by atoms with van der Waals surface area (Å²) >= 11 is 0. The van der Waals surface area contributed by atoms with Gasteiger partial charge in [0, 0.05) is 31.9 Å². The predicted octanol–water partition coefficient (Wildman–Crippen LogP) is 7.24. The van der Waals surface area contributed by atoms with Crippen molar-refractivity contribution in [1.82, 2.24) is 20.3 Å². The maximum atomic E-state index is 14.2. The minimum Gasteiger partial charge on any atom is -0.495 e. The number of fused-ring (bicyclic) bond motifs is 1. The molecule has 49 heavy (non-hydrogen) atoms. The lowest BCUT2D eigenvalue weighted by Gasteiger charge is -2.29. The van der Waals surface area contributed by atoms with Gasteiger partial charge in [-0.05, 0) is 80.3 Å². The van der Waals surface area contributed by atoms with Crippen LogP contribution < -0.4 is 20.9 Å². The lowest BCUT2D eigenvalue weighted by atomic mass is 9.76. The molecule has 2 aromatic carbocycles. The molecule has 5 rings (SSSR count). The van der Waals surface area contributed by atoms with E-state index in [0.29, 0.717) is 69.2 Å². The lowest BCUT2D eigenvalue weighted by Crippen LogP contribution is -2.30. The number of hydrogen-bond donors (Lipinski definition) is 4. The van der Waals surface area contributed by atoms with Crippen molar-refractivity contribution in [3.63, 3.8) is 0 Å². The van der Waals surface area contributed by atoms with Crippen molar-refractivity contribution >= 4 is 43.3 Å². The Morgan fingerprint density at radius 3 is 2.39 bits per heavy atom. The molecule has 1 aliphatic heterocycles. The summed E-state index contributed by atoms with van der Waals surface area (Å²) < 4.78 is 59.6. The van der Waals surface area contributed by atoms with Crippen LogP contribution in [0.1, 0.15) is 78.1 Å². The van der Waals surface area contributed by atoms with Gasteiger partial charge in [0.2, 0.25) is 11.9 Å². The SMILES string of the molecule is CCOP(Cc1ccc(Nc2ncc(C(F)(F)F)c(Nc3ccc(C4CCC(C(=O)NO)CC4)c4c3C(=O)N(C)C4)n2)c(OC)c1)OCC. The fourth-order valence-electron chi connectivity index (χ4n) is 6.32. The largest absolute Gasteiger partial charge is 0.495 e. The van der Waals surface area contributed by atoms with Crippen molar-refractivity contribution in [2.24, 2.45) is 5.92 Å². The van der Waals surface area contributed by atoms with Gasteiger partial charge < -0.3 is 29.3 Å². The van der Waals surface area contributed by atoms with Gasteiger partial charge in [0.15, 0.2) is 8.38 Å². The zero-order valence-corrected chi connectivity index (χ0v) is 28.6. The normalized spacial score (nSPS) is 17.7. The molecule has 2 amide bonds. The van der Waals surface area contributed by atoms with Crippen molar-refractivity contribution < 1.29 is 41.8 Å². The van der Waals surface area contributed by atoms with Crippen molar-refractivity contribution in [1.29, 1.82) is 0 Å². The number of ether oxygens (including phenoxy) is 1. The number of amides is 2. The van der Waals surface area contributed by atoms with Gasteiger partial charge in [-0.1, -0.05) is 12.1 Å². The molecular weight excluding hydrogens is 664 g/mol. The fraction of sp³-hybridized carbons (Fsp3) is 0.455. The van der Waals surface area contributed by atoms with Crippen LogP contribution in [0.3, 0.4) is 0 Å². The average Bonchev–Trinajstić information content (AvgIpc) is 3.38. The molecule has 4 N–H and O–H groups in total. The number of rotatable bonds is 13. The Kier molecular flexibility index (Phi) is 11.6. The molecule has 16 heteroatoms. The Hall–Kier alpha value is -4.04. The standard InChI is InChI=1S/C33H40F3N6O6P/c1-5-47-49(48-6-2)18-19-7-13-25(27(15-19)46-4)39-32-37-16-24(33(34,35)36)29(40-32)38-26-14-12-22(23-17-42(3)31(44)28(23)26)20-8-10-21(11-9-20)30(43)41-45/h7,12-16,20-21,45H,5-6,8-11,17-18H2,1-4H3,(H,41,43)(H2,37,38,39,40). The van der Waals surface area contributed by atoms with E-state index in [9.17, 15) is 22.8 Å². The van der Waals surface area contributed by atoms with E-state index in [2.05, 4.69) is 20.6 Å². The molecule has 1 saturated carbocycles. The van der Waals surface area contributed by atoms with Gasteiger partial charge in [-0.15, -0.1) is 0 Å². The zero-order valence-electron chi connectivity index (χ0n) is 27.7. The van der Waals surface area contributed by atoms with E-state index in [4.69, 9.17) is 19.0 Å². The molecule has 0 atom stereocenters. The number of halogens is 3. The molecular formula is C33H40F3N6O6P. The highest BCUT2D eigenvalue weighted by atomic mass is 31.2. The summed E-state index contributed by atoms with van der Waals surface area (Å²) in [4.78, 5) is 34.9. The summed E-state index contributed by atoms with van der Waals surface area (Å²) in [6, 6.07) is 8.78. The minimum atomic E-state index is -4.79. The molecule has 1 aromatic heterocycles. The number of aromatic nitrogens is 2. The molecule has 264 valence electrons. The average molecular weight is 705 g/mol. The van der Waals surface area contributed by atoms with E-state index in [1.54, 1.807) is 30.7 Å². The molecule has 1 fully saturated rings. The first kappa shape index (κ1) is 36.2. The molecule has 0 unspecified atom stereocenters. The Morgan fingerprint density at radius 2 is 1.76 bits per heavy atom. The van der Waals surface area contributed by atoms with Crippen LogP contribution in [0.15, 0.2) is 36.5 Å². The van der Waals surface area contributed by atoms with Crippen LogP contribution in [-0.4, -0.2) is 59.3 Å². The Balaban J connectivity index is 1.43. The summed E-state index contributed by atoms with van der Waals surface area (Å²) in [5.74, 6) is -1.20. The third-order valence-corrected chi connectivity index (χ3v) is 10.4. The zero-order chi connectivity index (χ0) is 35.3. The maximum absolute atomic E-state index is 14.2. The fourth-order valence-corrected chi connectivity index (χ4v) is 7.65. The van der Waals surface area contributed by atoms with Gasteiger partial charge in [0.25, 0.3) is 5.91 Å². The third kappa shape index (κ3) is 8.23.